The summed E-state index contributed by atoms with van der Waals surface area (Å²) < 4.78 is 5.42. The van der Waals surface area contributed by atoms with Crippen LogP contribution in [0.3, 0.4) is 0 Å². The van der Waals surface area contributed by atoms with Crippen LogP contribution in [0.2, 0.25) is 0 Å². The van der Waals surface area contributed by atoms with Gasteiger partial charge in [-0.05, 0) is 62.4 Å². The molecule has 132 valence electrons. The van der Waals surface area contributed by atoms with Crippen LogP contribution in [0, 0.1) is 0 Å². The lowest BCUT2D eigenvalue weighted by Crippen LogP contribution is -2.15. The van der Waals surface area contributed by atoms with E-state index in [2.05, 4.69) is 92.7 Å². The molecule has 0 aromatic heterocycles. The molecule has 0 radical (unpaired) electrons. The Kier molecular flexibility index (Phi) is 3.42. The van der Waals surface area contributed by atoms with E-state index in [4.69, 9.17) is 4.74 Å². The third-order valence-electron chi connectivity index (χ3n) is 5.97. The number of hydrogen-bond acceptors (Lipinski definition) is 1. The maximum atomic E-state index is 5.42. The normalized spacial score (nSPS) is 14.0. The second-order valence-corrected chi connectivity index (χ2v) is 7.83. The molecule has 0 saturated carbocycles. The molecule has 1 aliphatic rings. The van der Waals surface area contributed by atoms with E-state index in [0.29, 0.717) is 0 Å². The minimum Gasteiger partial charge on any atom is -0.497 e. The summed E-state index contributed by atoms with van der Waals surface area (Å²) in [5.41, 5.74) is 8.06. The van der Waals surface area contributed by atoms with E-state index in [1.165, 1.54) is 44.2 Å². The molecular formula is C26H22O. The molecule has 27 heavy (non-hydrogen) atoms. The SMILES string of the molecule is COc1ccc2c3c(ccc2c1)C(C)(C)c1cc(-c2ccccc2)ccc1-3. The highest BCUT2D eigenvalue weighted by Crippen LogP contribution is 2.52. The van der Waals surface area contributed by atoms with Crippen LogP contribution >= 0.6 is 0 Å². The number of methoxy groups -OCH3 is 1. The molecule has 0 heterocycles. The summed E-state index contributed by atoms with van der Waals surface area (Å²) in [4.78, 5) is 0. The fraction of sp³-hybridized carbons (Fsp3) is 0.154. The first-order chi connectivity index (χ1) is 13.1. The van der Waals surface area contributed by atoms with Gasteiger partial charge in [-0.1, -0.05) is 74.5 Å². The largest absolute Gasteiger partial charge is 0.497 e. The van der Waals surface area contributed by atoms with E-state index in [-0.39, 0.29) is 5.41 Å². The number of benzene rings is 4. The van der Waals surface area contributed by atoms with Gasteiger partial charge >= 0.3 is 0 Å². The summed E-state index contributed by atoms with van der Waals surface area (Å²) in [5.74, 6) is 0.902. The van der Waals surface area contributed by atoms with Crippen molar-refractivity contribution >= 4 is 10.8 Å². The molecule has 0 spiro atoms. The van der Waals surface area contributed by atoms with Gasteiger partial charge in [-0.2, -0.15) is 0 Å². The van der Waals surface area contributed by atoms with Gasteiger partial charge in [0.2, 0.25) is 0 Å². The van der Waals surface area contributed by atoms with Crippen molar-refractivity contribution in [2.75, 3.05) is 7.11 Å². The molecule has 4 aromatic carbocycles. The molecule has 0 saturated heterocycles. The Morgan fingerprint density at radius 1 is 0.704 bits per heavy atom. The Balaban J connectivity index is 1.77. The van der Waals surface area contributed by atoms with Crippen LogP contribution in [-0.4, -0.2) is 7.11 Å². The molecule has 0 unspecified atom stereocenters. The highest BCUT2D eigenvalue weighted by atomic mass is 16.5. The zero-order valence-electron chi connectivity index (χ0n) is 15.9. The molecule has 5 rings (SSSR count). The van der Waals surface area contributed by atoms with Crippen LogP contribution in [0.5, 0.6) is 5.75 Å². The fourth-order valence-electron chi connectivity index (χ4n) is 4.48. The average Bonchev–Trinajstić information content (AvgIpc) is 2.95. The fourth-order valence-corrected chi connectivity index (χ4v) is 4.48. The summed E-state index contributed by atoms with van der Waals surface area (Å²) in [6, 6.07) is 28.5. The first-order valence-electron chi connectivity index (χ1n) is 9.41. The van der Waals surface area contributed by atoms with E-state index in [0.717, 1.165) is 5.75 Å². The third-order valence-corrected chi connectivity index (χ3v) is 5.97. The number of hydrogen-bond donors (Lipinski definition) is 0. The van der Waals surface area contributed by atoms with E-state index in [1.807, 2.05) is 0 Å². The molecule has 0 N–H and O–H groups in total. The second-order valence-electron chi connectivity index (χ2n) is 7.83. The van der Waals surface area contributed by atoms with Gasteiger partial charge in [0, 0.05) is 5.41 Å². The Morgan fingerprint density at radius 2 is 1.52 bits per heavy atom. The minimum atomic E-state index is -0.0103. The van der Waals surface area contributed by atoms with Crippen molar-refractivity contribution in [2.24, 2.45) is 0 Å². The zero-order valence-corrected chi connectivity index (χ0v) is 15.9. The summed E-state index contributed by atoms with van der Waals surface area (Å²) in [6.07, 6.45) is 0. The minimum absolute atomic E-state index is 0.0103. The van der Waals surface area contributed by atoms with E-state index in [9.17, 15) is 0 Å². The third kappa shape index (κ3) is 2.31. The predicted molar refractivity (Wildman–Crippen MR) is 114 cm³/mol. The average molecular weight is 350 g/mol. The van der Waals surface area contributed by atoms with Crippen molar-refractivity contribution in [3.05, 3.63) is 90.0 Å². The van der Waals surface area contributed by atoms with Crippen molar-refractivity contribution in [3.8, 4) is 28.0 Å². The topological polar surface area (TPSA) is 9.23 Å². The Hall–Kier alpha value is -3.06. The number of rotatable bonds is 2. The van der Waals surface area contributed by atoms with Gasteiger partial charge in [0.05, 0.1) is 7.11 Å². The lowest BCUT2D eigenvalue weighted by molar-refractivity contribution is 0.415. The van der Waals surface area contributed by atoms with Crippen LogP contribution in [0.25, 0.3) is 33.0 Å². The van der Waals surface area contributed by atoms with Crippen molar-refractivity contribution in [3.63, 3.8) is 0 Å². The number of ether oxygens (including phenoxy) is 1. The zero-order chi connectivity index (χ0) is 18.6. The molecule has 0 fully saturated rings. The molecule has 0 bridgehead atoms. The van der Waals surface area contributed by atoms with Crippen LogP contribution in [0.15, 0.2) is 78.9 Å². The van der Waals surface area contributed by atoms with Crippen LogP contribution < -0.4 is 4.74 Å². The van der Waals surface area contributed by atoms with Crippen LogP contribution in [0.4, 0.5) is 0 Å². The maximum absolute atomic E-state index is 5.42. The Labute approximate surface area is 160 Å². The number of fused-ring (bicyclic) bond motifs is 5. The second kappa shape index (κ2) is 5.72. The van der Waals surface area contributed by atoms with Crippen LogP contribution in [-0.2, 0) is 5.41 Å². The van der Waals surface area contributed by atoms with E-state index in [1.54, 1.807) is 7.11 Å². The maximum Gasteiger partial charge on any atom is 0.119 e. The van der Waals surface area contributed by atoms with Crippen molar-refractivity contribution in [1.29, 1.82) is 0 Å². The van der Waals surface area contributed by atoms with Gasteiger partial charge in [0.1, 0.15) is 5.75 Å². The Morgan fingerprint density at radius 3 is 2.30 bits per heavy atom. The van der Waals surface area contributed by atoms with Gasteiger partial charge in [0.25, 0.3) is 0 Å². The van der Waals surface area contributed by atoms with E-state index >= 15 is 0 Å². The lowest BCUT2D eigenvalue weighted by atomic mass is 9.81. The van der Waals surface area contributed by atoms with Gasteiger partial charge in [-0.15, -0.1) is 0 Å². The molecule has 1 aliphatic carbocycles. The van der Waals surface area contributed by atoms with Gasteiger partial charge in [-0.25, -0.2) is 0 Å². The van der Waals surface area contributed by atoms with Gasteiger partial charge in [0.15, 0.2) is 0 Å². The molecular weight excluding hydrogens is 328 g/mol. The van der Waals surface area contributed by atoms with Crippen molar-refractivity contribution in [2.45, 2.75) is 19.3 Å². The highest BCUT2D eigenvalue weighted by Gasteiger charge is 2.36. The first-order valence-corrected chi connectivity index (χ1v) is 9.41. The molecule has 0 aliphatic heterocycles. The summed E-state index contributed by atoms with van der Waals surface area (Å²) in [6.45, 7) is 4.67. The smallest absolute Gasteiger partial charge is 0.119 e. The standard InChI is InChI=1S/C26H22O/c1-26(2)23-14-10-19-15-20(27-3)11-13-21(19)25(23)22-12-9-18(16-24(22)26)17-7-5-4-6-8-17/h4-16H,1-3H3. The highest BCUT2D eigenvalue weighted by molar-refractivity contribution is 6.03. The summed E-state index contributed by atoms with van der Waals surface area (Å²) in [7, 11) is 1.72. The summed E-state index contributed by atoms with van der Waals surface area (Å²) >= 11 is 0. The lowest BCUT2D eigenvalue weighted by Gasteiger charge is -2.22. The van der Waals surface area contributed by atoms with Gasteiger partial charge < -0.3 is 4.74 Å². The molecule has 0 atom stereocenters. The van der Waals surface area contributed by atoms with Gasteiger partial charge in [-0.3, -0.25) is 0 Å². The molecule has 1 nitrogen and oxygen atoms in total. The van der Waals surface area contributed by atoms with Crippen molar-refractivity contribution < 1.29 is 4.74 Å². The van der Waals surface area contributed by atoms with Crippen LogP contribution in [0.1, 0.15) is 25.0 Å². The Bertz CT molecular complexity index is 1170. The summed E-state index contributed by atoms with van der Waals surface area (Å²) in [5, 5.41) is 2.52. The quantitative estimate of drug-likeness (QED) is 0.385. The monoisotopic (exact) mass is 350 g/mol. The van der Waals surface area contributed by atoms with Crippen molar-refractivity contribution in [1.82, 2.24) is 0 Å². The molecule has 1 heteroatoms. The predicted octanol–water partition coefficient (Wildman–Crippen LogP) is 6.82. The van der Waals surface area contributed by atoms with E-state index < -0.39 is 0 Å². The first kappa shape index (κ1) is 16.1. The molecule has 4 aromatic rings. The molecule has 0 amide bonds.